The smallest absolute Gasteiger partial charge is 0.0913 e. The van der Waals surface area contributed by atoms with Crippen LogP contribution in [-0.4, -0.2) is 113 Å². The van der Waals surface area contributed by atoms with Gasteiger partial charge in [0.2, 0.25) is 0 Å². The third-order valence-electron chi connectivity index (χ3n) is 3.01. The Hall–Kier alpha value is -0.110. The summed E-state index contributed by atoms with van der Waals surface area (Å²) in [4.78, 5) is 4.37. The first-order chi connectivity index (χ1) is 13.4. The molecule has 0 saturated carbocycles. The summed E-state index contributed by atoms with van der Waals surface area (Å²) in [6, 6.07) is 0. The molecule has 2 N–H and O–H groups in total. The lowest BCUT2D eigenvalue weighted by atomic mass is 10.6. The minimum absolute atomic E-state index is 0. The van der Waals surface area contributed by atoms with Gasteiger partial charge in [-0.05, 0) is 0 Å². The SMILES string of the molecule is COCCOCCOCCOCCOCCOCCOCCOCCON.Cl. The Kier molecular flexibility index (Phi) is 31.3. The number of nitrogens with two attached hydrogens (primary N) is 1. The fraction of sp³-hybridized carbons (Fsp3) is 1.00. The zero-order chi connectivity index (χ0) is 19.7. The zero-order valence-corrected chi connectivity index (χ0v) is 17.8. The fourth-order valence-corrected chi connectivity index (χ4v) is 1.67. The Morgan fingerprint density at radius 3 is 0.821 bits per heavy atom. The van der Waals surface area contributed by atoms with Crippen molar-refractivity contribution in [2.45, 2.75) is 0 Å². The highest BCUT2D eigenvalue weighted by Crippen LogP contribution is 1.85. The summed E-state index contributed by atoms with van der Waals surface area (Å²) in [5.74, 6) is 4.86. The van der Waals surface area contributed by atoms with Gasteiger partial charge in [0.25, 0.3) is 0 Å². The first-order valence-electron chi connectivity index (χ1n) is 9.26. The summed E-state index contributed by atoms with van der Waals surface area (Å²) in [5, 5.41) is 0. The maximum Gasteiger partial charge on any atom is 0.0913 e. The van der Waals surface area contributed by atoms with E-state index in [4.69, 9.17) is 43.8 Å². The van der Waals surface area contributed by atoms with Gasteiger partial charge in [0.05, 0.1) is 106 Å². The van der Waals surface area contributed by atoms with Crippen LogP contribution in [0.1, 0.15) is 0 Å². The molecule has 0 fully saturated rings. The molecule has 28 heavy (non-hydrogen) atoms. The summed E-state index contributed by atoms with van der Waals surface area (Å²) >= 11 is 0. The van der Waals surface area contributed by atoms with Crippen LogP contribution in [0.2, 0.25) is 0 Å². The molecule has 0 rings (SSSR count). The zero-order valence-electron chi connectivity index (χ0n) is 17.0. The summed E-state index contributed by atoms with van der Waals surface area (Å²) in [6.45, 7) is 8.45. The Labute approximate surface area is 174 Å². The van der Waals surface area contributed by atoms with E-state index >= 15 is 0 Å². The maximum absolute atomic E-state index is 5.39. The highest BCUT2D eigenvalue weighted by atomic mass is 35.5. The molecule has 0 unspecified atom stereocenters. The van der Waals surface area contributed by atoms with Crippen LogP contribution in [0.5, 0.6) is 0 Å². The van der Waals surface area contributed by atoms with Crippen molar-refractivity contribution in [3.8, 4) is 0 Å². The molecular formula is C17H38ClNO9. The normalized spacial score (nSPS) is 10.9. The lowest BCUT2D eigenvalue weighted by molar-refractivity contribution is -0.0243. The quantitative estimate of drug-likeness (QED) is 0.165. The molecule has 0 bridgehead atoms. The van der Waals surface area contributed by atoms with Gasteiger partial charge < -0.3 is 42.7 Å². The topological polar surface area (TPSA) is 109 Å². The van der Waals surface area contributed by atoms with Crippen LogP contribution >= 0.6 is 12.4 Å². The molecule has 0 amide bonds. The van der Waals surface area contributed by atoms with E-state index in [9.17, 15) is 0 Å². The fourth-order valence-electron chi connectivity index (χ4n) is 1.67. The Morgan fingerprint density at radius 1 is 0.393 bits per heavy atom. The van der Waals surface area contributed by atoms with Crippen LogP contribution in [0.4, 0.5) is 0 Å². The standard InChI is InChI=1S/C17H37NO9.ClH/c1-19-2-3-20-4-5-21-6-7-22-8-9-23-10-11-24-12-13-25-14-15-26-16-17-27-18;/h2-18H2,1H3;1H. The minimum atomic E-state index is 0. The van der Waals surface area contributed by atoms with E-state index in [0.29, 0.717) is 106 Å². The minimum Gasteiger partial charge on any atom is -0.382 e. The van der Waals surface area contributed by atoms with E-state index in [1.807, 2.05) is 0 Å². The molecule has 172 valence electrons. The van der Waals surface area contributed by atoms with Crippen LogP contribution < -0.4 is 5.90 Å². The van der Waals surface area contributed by atoms with Crippen molar-refractivity contribution >= 4 is 12.4 Å². The lowest BCUT2D eigenvalue weighted by Gasteiger charge is -2.08. The Morgan fingerprint density at radius 2 is 0.607 bits per heavy atom. The molecule has 0 saturated heterocycles. The molecule has 10 nitrogen and oxygen atoms in total. The second-order valence-electron chi connectivity index (χ2n) is 5.15. The molecule has 0 aliphatic heterocycles. The van der Waals surface area contributed by atoms with Gasteiger partial charge in [-0.3, -0.25) is 0 Å². The highest BCUT2D eigenvalue weighted by molar-refractivity contribution is 5.85. The van der Waals surface area contributed by atoms with Gasteiger partial charge in [-0.25, -0.2) is 5.90 Å². The van der Waals surface area contributed by atoms with Crippen molar-refractivity contribution in [2.24, 2.45) is 5.90 Å². The highest BCUT2D eigenvalue weighted by Gasteiger charge is 1.94. The average molecular weight is 436 g/mol. The number of ether oxygens (including phenoxy) is 8. The van der Waals surface area contributed by atoms with E-state index in [0.717, 1.165) is 0 Å². The monoisotopic (exact) mass is 435 g/mol. The van der Waals surface area contributed by atoms with Gasteiger partial charge in [-0.1, -0.05) is 0 Å². The van der Waals surface area contributed by atoms with Gasteiger partial charge in [0.15, 0.2) is 0 Å². The van der Waals surface area contributed by atoms with Gasteiger partial charge in [0.1, 0.15) is 0 Å². The Balaban J connectivity index is 0. The van der Waals surface area contributed by atoms with E-state index in [1.165, 1.54) is 0 Å². The third-order valence-corrected chi connectivity index (χ3v) is 3.01. The first kappa shape index (κ1) is 30.1. The molecular weight excluding hydrogens is 398 g/mol. The van der Waals surface area contributed by atoms with Crippen molar-refractivity contribution in [1.29, 1.82) is 0 Å². The number of hydrogen-bond donors (Lipinski definition) is 1. The molecule has 0 aliphatic carbocycles. The van der Waals surface area contributed by atoms with Gasteiger partial charge in [0, 0.05) is 7.11 Å². The van der Waals surface area contributed by atoms with Crippen molar-refractivity contribution in [3.05, 3.63) is 0 Å². The van der Waals surface area contributed by atoms with Crippen molar-refractivity contribution < 1.29 is 42.7 Å². The first-order valence-corrected chi connectivity index (χ1v) is 9.26. The molecule has 0 aromatic rings. The largest absolute Gasteiger partial charge is 0.382 e. The Bertz CT molecular complexity index is 245. The van der Waals surface area contributed by atoms with E-state index in [1.54, 1.807) is 7.11 Å². The van der Waals surface area contributed by atoms with Crippen LogP contribution in [0.15, 0.2) is 0 Å². The van der Waals surface area contributed by atoms with Crippen LogP contribution in [0, 0.1) is 0 Å². The summed E-state index contributed by atoms with van der Waals surface area (Å²) in [6.07, 6.45) is 0. The van der Waals surface area contributed by atoms with Crippen molar-refractivity contribution in [3.63, 3.8) is 0 Å². The molecule has 0 radical (unpaired) electrons. The summed E-state index contributed by atoms with van der Waals surface area (Å²) in [5.41, 5.74) is 0. The molecule has 0 aromatic carbocycles. The summed E-state index contributed by atoms with van der Waals surface area (Å²) in [7, 11) is 1.64. The van der Waals surface area contributed by atoms with E-state index in [2.05, 4.69) is 4.84 Å². The molecule has 0 atom stereocenters. The van der Waals surface area contributed by atoms with Crippen LogP contribution in [-0.2, 0) is 42.7 Å². The predicted molar refractivity (Wildman–Crippen MR) is 105 cm³/mol. The van der Waals surface area contributed by atoms with Crippen LogP contribution in [0.25, 0.3) is 0 Å². The van der Waals surface area contributed by atoms with E-state index < -0.39 is 0 Å². The number of halogens is 1. The van der Waals surface area contributed by atoms with Gasteiger partial charge in [-0.15, -0.1) is 12.4 Å². The lowest BCUT2D eigenvalue weighted by Crippen LogP contribution is -2.15. The molecule has 0 aromatic heterocycles. The second-order valence-corrected chi connectivity index (χ2v) is 5.15. The van der Waals surface area contributed by atoms with Crippen LogP contribution in [0.3, 0.4) is 0 Å². The third kappa shape index (κ3) is 28.1. The number of methoxy groups -OCH3 is 1. The van der Waals surface area contributed by atoms with E-state index in [-0.39, 0.29) is 12.4 Å². The van der Waals surface area contributed by atoms with Crippen molar-refractivity contribution in [2.75, 3.05) is 113 Å². The van der Waals surface area contributed by atoms with Gasteiger partial charge >= 0.3 is 0 Å². The molecule has 0 spiro atoms. The molecule has 11 heteroatoms. The van der Waals surface area contributed by atoms with Gasteiger partial charge in [-0.2, -0.15) is 0 Å². The maximum atomic E-state index is 5.39. The molecule has 0 aliphatic rings. The average Bonchev–Trinajstić information content (AvgIpc) is 2.68. The number of rotatable bonds is 24. The number of hydrogen-bond acceptors (Lipinski definition) is 10. The summed E-state index contributed by atoms with van der Waals surface area (Å²) < 4.78 is 42.2. The molecule has 0 heterocycles. The van der Waals surface area contributed by atoms with Crippen molar-refractivity contribution in [1.82, 2.24) is 0 Å². The predicted octanol–water partition coefficient (Wildman–Crippen LogP) is 0.0611. The second kappa shape index (κ2) is 29.1.